The number of hydrogen-bond donors (Lipinski definition) is 1. The lowest BCUT2D eigenvalue weighted by atomic mass is 10.0. The number of carbonyl (C=O) groups excluding carboxylic acids is 2. The zero-order valence-electron chi connectivity index (χ0n) is 18.1. The van der Waals surface area contributed by atoms with Gasteiger partial charge < -0.3 is 15.0 Å². The number of nitrogens with zero attached hydrogens (tertiary/aromatic N) is 1. The molecule has 0 unspecified atom stereocenters. The molecule has 2 aromatic carbocycles. The molecule has 5 heteroatoms. The minimum Gasteiger partial charge on any atom is -0.376 e. The Morgan fingerprint density at radius 3 is 2.45 bits per heavy atom. The van der Waals surface area contributed by atoms with Crippen molar-refractivity contribution < 1.29 is 14.3 Å². The molecule has 1 saturated carbocycles. The Bertz CT molecular complexity index is 871. The highest BCUT2D eigenvalue weighted by atomic mass is 16.5. The van der Waals surface area contributed by atoms with E-state index in [4.69, 9.17) is 4.74 Å². The van der Waals surface area contributed by atoms with Crippen LogP contribution in [0.15, 0.2) is 54.6 Å². The summed E-state index contributed by atoms with van der Waals surface area (Å²) in [5.41, 5.74) is 2.89. The molecule has 0 aromatic heterocycles. The fraction of sp³-hybridized carbons (Fsp3) is 0.462. The highest BCUT2D eigenvalue weighted by Crippen LogP contribution is 2.30. The van der Waals surface area contributed by atoms with Gasteiger partial charge in [-0.3, -0.25) is 9.59 Å². The van der Waals surface area contributed by atoms with Gasteiger partial charge in [-0.2, -0.15) is 0 Å². The van der Waals surface area contributed by atoms with E-state index < -0.39 is 0 Å². The van der Waals surface area contributed by atoms with E-state index in [0.717, 1.165) is 61.9 Å². The van der Waals surface area contributed by atoms with Crippen LogP contribution in [0.4, 0.5) is 5.69 Å². The summed E-state index contributed by atoms with van der Waals surface area (Å²) in [6, 6.07) is 18.0. The van der Waals surface area contributed by atoms with Gasteiger partial charge in [0.05, 0.1) is 19.1 Å². The van der Waals surface area contributed by atoms with Crippen LogP contribution in [-0.4, -0.2) is 31.1 Å². The zero-order chi connectivity index (χ0) is 21.5. The predicted molar refractivity (Wildman–Crippen MR) is 122 cm³/mol. The molecule has 2 amide bonds. The number of hydrogen-bond acceptors (Lipinski definition) is 3. The Kier molecular flexibility index (Phi) is 7.36. The molecule has 1 aliphatic carbocycles. The van der Waals surface area contributed by atoms with Crippen LogP contribution in [-0.2, 0) is 27.3 Å². The molecule has 1 aliphatic heterocycles. The number of rotatable bonds is 8. The quantitative estimate of drug-likeness (QED) is 0.695. The van der Waals surface area contributed by atoms with E-state index in [0.29, 0.717) is 19.5 Å². The van der Waals surface area contributed by atoms with E-state index in [-0.39, 0.29) is 23.8 Å². The number of anilines is 1. The summed E-state index contributed by atoms with van der Waals surface area (Å²) in [7, 11) is 0. The first kappa shape index (κ1) is 21.6. The lowest BCUT2D eigenvalue weighted by molar-refractivity contribution is -0.122. The largest absolute Gasteiger partial charge is 0.376 e. The second kappa shape index (κ2) is 10.6. The maximum absolute atomic E-state index is 13.4. The van der Waals surface area contributed by atoms with E-state index in [1.54, 1.807) is 0 Å². The molecule has 2 fully saturated rings. The number of ether oxygens (including phenoxy) is 1. The van der Waals surface area contributed by atoms with Crippen molar-refractivity contribution in [3.05, 3.63) is 65.7 Å². The van der Waals surface area contributed by atoms with Crippen molar-refractivity contribution in [3.8, 4) is 0 Å². The van der Waals surface area contributed by atoms with Gasteiger partial charge >= 0.3 is 0 Å². The first-order chi connectivity index (χ1) is 15.2. The summed E-state index contributed by atoms with van der Waals surface area (Å²) >= 11 is 0. The first-order valence-electron chi connectivity index (χ1n) is 11.5. The number of carbonyl (C=O) groups is 2. The Hall–Kier alpha value is -2.66. The molecule has 2 aliphatic rings. The number of benzene rings is 2. The fourth-order valence-corrected chi connectivity index (χ4v) is 4.57. The Labute approximate surface area is 184 Å². The zero-order valence-corrected chi connectivity index (χ0v) is 18.1. The third-order valence-corrected chi connectivity index (χ3v) is 6.29. The van der Waals surface area contributed by atoms with Crippen molar-refractivity contribution in [2.45, 2.75) is 57.6 Å². The standard InChI is InChI=1S/C26H32N2O3/c29-25(27-18-24-14-7-15-31-24)17-21-10-6-13-23(16-21)28(19-20-8-2-1-3-9-20)26(30)22-11-4-5-12-22/h1-3,6,8-10,13,16,22,24H,4-5,7,11-12,14-15,17-19H2,(H,27,29)/t24-/m1/s1. The molecule has 1 heterocycles. The summed E-state index contributed by atoms with van der Waals surface area (Å²) in [6.45, 7) is 1.90. The van der Waals surface area contributed by atoms with Crippen LogP contribution in [0.5, 0.6) is 0 Å². The van der Waals surface area contributed by atoms with E-state index in [1.165, 1.54) is 0 Å². The average molecular weight is 421 g/mol. The highest BCUT2D eigenvalue weighted by molar-refractivity contribution is 5.95. The number of nitrogens with one attached hydrogen (secondary N) is 1. The van der Waals surface area contributed by atoms with Gasteiger partial charge in [0.15, 0.2) is 0 Å². The average Bonchev–Trinajstić information content (AvgIpc) is 3.51. The van der Waals surface area contributed by atoms with Crippen LogP contribution in [0.25, 0.3) is 0 Å². The Morgan fingerprint density at radius 1 is 0.935 bits per heavy atom. The fourth-order valence-electron chi connectivity index (χ4n) is 4.57. The number of amides is 2. The van der Waals surface area contributed by atoms with Crippen molar-refractivity contribution >= 4 is 17.5 Å². The molecule has 31 heavy (non-hydrogen) atoms. The Morgan fingerprint density at radius 2 is 1.71 bits per heavy atom. The van der Waals surface area contributed by atoms with Crippen molar-refractivity contribution in [2.24, 2.45) is 5.92 Å². The summed E-state index contributed by atoms with van der Waals surface area (Å²) < 4.78 is 5.58. The van der Waals surface area contributed by atoms with E-state index in [1.807, 2.05) is 47.4 Å². The van der Waals surface area contributed by atoms with Gasteiger partial charge in [0.2, 0.25) is 11.8 Å². The summed E-state index contributed by atoms with van der Waals surface area (Å²) in [6.07, 6.45) is 6.70. The SMILES string of the molecule is O=C(Cc1cccc(N(Cc2ccccc2)C(=O)C2CCCC2)c1)NC[C@H]1CCCO1. The molecule has 1 N–H and O–H groups in total. The molecule has 1 atom stereocenters. The maximum Gasteiger partial charge on any atom is 0.230 e. The lowest BCUT2D eigenvalue weighted by Crippen LogP contribution is -2.35. The van der Waals surface area contributed by atoms with E-state index in [2.05, 4.69) is 17.4 Å². The third kappa shape index (κ3) is 5.95. The molecule has 2 aromatic rings. The van der Waals surface area contributed by atoms with Gasteiger partial charge in [0, 0.05) is 24.8 Å². The molecule has 0 bridgehead atoms. The van der Waals surface area contributed by atoms with E-state index >= 15 is 0 Å². The van der Waals surface area contributed by atoms with Gasteiger partial charge in [0.25, 0.3) is 0 Å². The summed E-state index contributed by atoms with van der Waals surface area (Å²) in [5.74, 6) is 0.285. The van der Waals surface area contributed by atoms with Gasteiger partial charge in [0.1, 0.15) is 0 Å². The first-order valence-corrected chi connectivity index (χ1v) is 11.5. The third-order valence-electron chi connectivity index (χ3n) is 6.29. The lowest BCUT2D eigenvalue weighted by Gasteiger charge is -2.26. The van der Waals surface area contributed by atoms with Crippen LogP contribution in [0, 0.1) is 5.92 Å². The van der Waals surface area contributed by atoms with Crippen LogP contribution in [0.1, 0.15) is 49.7 Å². The van der Waals surface area contributed by atoms with Crippen LogP contribution in [0.3, 0.4) is 0 Å². The molecular weight excluding hydrogens is 388 g/mol. The van der Waals surface area contributed by atoms with Gasteiger partial charge in [-0.25, -0.2) is 0 Å². The molecular formula is C26H32N2O3. The predicted octanol–water partition coefficient (Wildman–Crippen LogP) is 4.25. The minimum atomic E-state index is -0.00983. The van der Waals surface area contributed by atoms with Crippen LogP contribution < -0.4 is 10.2 Å². The van der Waals surface area contributed by atoms with Crippen molar-refractivity contribution in [3.63, 3.8) is 0 Å². The Balaban J connectivity index is 1.46. The molecule has 164 valence electrons. The molecule has 0 radical (unpaired) electrons. The normalized spacial score (nSPS) is 18.8. The van der Waals surface area contributed by atoms with E-state index in [9.17, 15) is 9.59 Å². The topological polar surface area (TPSA) is 58.6 Å². The second-order valence-electron chi connectivity index (χ2n) is 8.68. The molecule has 5 nitrogen and oxygen atoms in total. The van der Waals surface area contributed by atoms with Crippen molar-refractivity contribution in [1.29, 1.82) is 0 Å². The molecule has 4 rings (SSSR count). The highest BCUT2D eigenvalue weighted by Gasteiger charge is 2.28. The van der Waals surface area contributed by atoms with Gasteiger partial charge in [-0.1, -0.05) is 55.3 Å². The molecule has 1 saturated heterocycles. The monoisotopic (exact) mass is 420 g/mol. The van der Waals surface area contributed by atoms with Gasteiger partial charge in [-0.05, 0) is 48.9 Å². The van der Waals surface area contributed by atoms with Gasteiger partial charge in [-0.15, -0.1) is 0 Å². The maximum atomic E-state index is 13.4. The summed E-state index contributed by atoms with van der Waals surface area (Å²) in [5, 5.41) is 2.98. The second-order valence-corrected chi connectivity index (χ2v) is 8.68. The van der Waals surface area contributed by atoms with Crippen LogP contribution in [0.2, 0.25) is 0 Å². The smallest absolute Gasteiger partial charge is 0.230 e. The summed E-state index contributed by atoms with van der Waals surface area (Å²) in [4.78, 5) is 27.7. The van der Waals surface area contributed by atoms with Crippen LogP contribution >= 0.6 is 0 Å². The van der Waals surface area contributed by atoms with Crippen molar-refractivity contribution in [2.75, 3.05) is 18.1 Å². The molecule has 0 spiro atoms. The van der Waals surface area contributed by atoms with Crippen molar-refractivity contribution in [1.82, 2.24) is 5.32 Å². The minimum absolute atomic E-state index is 0.00983.